The van der Waals surface area contributed by atoms with Gasteiger partial charge in [-0.25, -0.2) is 4.79 Å². The maximum atomic E-state index is 12.3. The number of carbonyl (C=O) groups is 2. The highest BCUT2D eigenvalue weighted by atomic mass is 35.5. The number of benzene rings is 3. The molecule has 0 fully saturated rings. The summed E-state index contributed by atoms with van der Waals surface area (Å²) in [6.45, 7) is 0. The Morgan fingerprint density at radius 3 is 2.08 bits per heavy atom. The SMILES string of the molecule is O=C(O)CCc1cc2c(-c3c(Cl)c(Cl)c(Cl)c(Cl)c3C(=O)O)c3cc(Cl)c(=O)cc-3oc2c(Cl)c1O. The Morgan fingerprint density at radius 1 is 0.833 bits per heavy atom. The molecule has 0 radical (unpaired) electrons. The van der Waals surface area contributed by atoms with Crippen LogP contribution >= 0.6 is 69.6 Å². The van der Waals surface area contributed by atoms with Crippen LogP contribution in [0.3, 0.4) is 0 Å². The summed E-state index contributed by atoms with van der Waals surface area (Å²) < 4.78 is 5.81. The number of rotatable bonds is 5. The van der Waals surface area contributed by atoms with E-state index in [1.54, 1.807) is 0 Å². The Balaban J connectivity index is 2.31. The minimum Gasteiger partial charge on any atom is -0.506 e. The molecule has 13 heteroatoms. The second-order valence-electron chi connectivity index (χ2n) is 7.54. The van der Waals surface area contributed by atoms with Gasteiger partial charge in [0, 0.05) is 34.6 Å². The Hall–Kier alpha value is -2.39. The molecule has 2 aromatic rings. The van der Waals surface area contributed by atoms with Crippen molar-refractivity contribution in [2.75, 3.05) is 0 Å². The summed E-state index contributed by atoms with van der Waals surface area (Å²) in [6, 6.07) is 3.67. The van der Waals surface area contributed by atoms with Crippen LogP contribution in [-0.2, 0) is 11.2 Å². The van der Waals surface area contributed by atoms with Gasteiger partial charge >= 0.3 is 11.9 Å². The number of carboxylic acid groups (broad SMARTS) is 2. The fraction of sp³-hybridized carbons (Fsp3) is 0.0870. The summed E-state index contributed by atoms with van der Waals surface area (Å²) in [7, 11) is 0. The number of phenols is 1. The van der Waals surface area contributed by atoms with Crippen LogP contribution in [0.1, 0.15) is 22.3 Å². The van der Waals surface area contributed by atoms with Crippen molar-refractivity contribution in [1.82, 2.24) is 0 Å². The second kappa shape index (κ2) is 9.82. The molecule has 2 aromatic carbocycles. The molecule has 1 heterocycles. The molecule has 0 bridgehead atoms. The quantitative estimate of drug-likeness (QED) is 0.119. The predicted octanol–water partition coefficient (Wildman–Crippen LogP) is 7.91. The second-order valence-corrected chi connectivity index (χ2v) is 9.83. The number of hydrogen-bond donors (Lipinski definition) is 3. The van der Waals surface area contributed by atoms with Crippen LogP contribution in [0.15, 0.2) is 27.4 Å². The van der Waals surface area contributed by atoms with Gasteiger partial charge in [-0.15, -0.1) is 0 Å². The van der Waals surface area contributed by atoms with Crippen LogP contribution in [0.4, 0.5) is 0 Å². The fourth-order valence-electron chi connectivity index (χ4n) is 3.80. The lowest BCUT2D eigenvalue weighted by atomic mass is 9.89. The molecule has 7 nitrogen and oxygen atoms in total. The van der Waals surface area contributed by atoms with E-state index >= 15 is 0 Å². The normalized spacial score (nSPS) is 11.4. The van der Waals surface area contributed by atoms with Gasteiger partial charge in [0.1, 0.15) is 16.5 Å². The number of hydrogen-bond acceptors (Lipinski definition) is 5. The molecule has 0 spiro atoms. The van der Waals surface area contributed by atoms with Crippen molar-refractivity contribution in [3.05, 3.63) is 69.7 Å². The maximum Gasteiger partial charge on any atom is 0.337 e. The first-order valence-electron chi connectivity index (χ1n) is 9.76. The molecule has 1 aliphatic carbocycles. The van der Waals surface area contributed by atoms with E-state index in [0.717, 1.165) is 6.07 Å². The predicted molar refractivity (Wildman–Crippen MR) is 139 cm³/mol. The van der Waals surface area contributed by atoms with Gasteiger partial charge in [-0.05, 0) is 24.1 Å². The van der Waals surface area contributed by atoms with E-state index in [2.05, 4.69) is 0 Å². The van der Waals surface area contributed by atoms with Gasteiger partial charge in [-0.2, -0.15) is 0 Å². The largest absolute Gasteiger partial charge is 0.506 e. The van der Waals surface area contributed by atoms with E-state index in [4.69, 9.17) is 79.1 Å². The molecule has 0 aromatic heterocycles. The third kappa shape index (κ3) is 4.34. The van der Waals surface area contributed by atoms with Crippen molar-refractivity contribution in [3.63, 3.8) is 0 Å². The first-order chi connectivity index (χ1) is 16.8. The molecule has 0 saturated heterocycles. The first-order valence-corrected chi connectivity index (χ1v) is 12.0. The van der Waals surface area contributed by atoms with E-state index in [1.165, 1.54) is 12.1 Å². The zero-order valence-electron chi connectivity index (χ0n) is 17.4. The lowest BCUT2D eigenvalue weighted by Gasteiger charge is -2.21. The van der Waals surface area contributed by atoms with Crippen LogP contribution in [0.5, 0.6) is 5.75 Å². The summed E-state index contributed by atoms with van der Waals surface area (Å²) >= 11 is 37.7. The van der Waals surface area contributed by atoms with Crippen LogP contribution < -0.4 is 5.43 Å². The molecular weight excluding hydrogens is 601 g/mol. The minimum atomic E-state index is -1.50. The topological polar surface area (TPSA) is 125 Å². The highest BCUT2D eigenvalue weighted by Gasteiger charge is 2.31. The van der Waals surface area contributed by atoms with E-state index < -0.39 is 33.7 Å². The zero-order chi connectivity index (χ0) is 26.6. The fourth-order valence-corrected chi connectivity index (χ4v) is 5.25. The van der Waals surface area contributed by atoms with Crippen LogP contribution in [0, 0.1) is 0 Å². The van der Waals surface area contributed by atoms with Crippen LogP contribution in [-0.4, -0.2) is 27.3 Å². The van der Waals surface area contributed by atoms with E-state index in [0.29, 0.717) is 0 Å². The van der Waals surface area contributed by atoms with Crippen molar-refractivity contribution >= 4 is 92.5 Å². The Bertz CT molecular complexity index is 1640. The number of fused-ring (bicyclic) bond motifs is 2. The van der Waals surface area contributed by atoms with E-state index in [-0.39, 0.29) is 76.9 Å². The highest BCUT2D eigenvalue weighted by Crippen LogP contribution is 2.52. The van der Waals surface area contributed by atoms with E-state index in [9.17, 15) is 24.6 Å². The summed E-state index contributed by atoms with van der Waals surface area (Å²) in [5.74, 6) is -3.15. The van der Waals surface area contributed by atoms with Gasteiger partial charge < -0.3 is 19.7 Å². The molecule has 186 valence electrons. The van der Waals surface area contributed by atoms with Crippen LogP contribution in [0.2, 0.25) is 30.1 Å². The van der Waals surface area contributed by atoms with Gasteiger partial charge in [0.05, 0.1) is 30.7 Å². The molecule has 36 heavy (non-hydrogen) atoms. The maximum absolute atomic E-state index is 12.3. The van der Waals surface area contributed by atoms with Crippen molar-refractivity contribution in [1.29, 1.82) is 0 Å². The van der Waals surface area contributed by atoms with Crippen LogP contribution in [0.25, 0.3) is 33.4 Å². The summed E-state index contributed by atoms with van der Waals surface area (Å²) in [4.78, 5) is 35.7. The minimum absolute atomic E-state index is 0.0505. The van der Waals surface area contributed by atoms with Crippen molar-refractivity contribution in [2.45, 2.75) is 12.8 Å². The van der Waals surface area contributed by atoms with E-state index in [1.807, 2.05) is 0 Å². The smallest absolute Gasteiger partial charge is 0.337 e. The highest BCUT2D eigenvalue weighted by molar-refractivity contribution is 6.54. The molecule has 3 N–H and O–H groups in total. The number of halogens is 6. The van der Waals surface area contributed by atoms with Gasteiger partial charge in [0.2, 0.25) is 5.43 Å². The summed E-state index contributed by atoms with van der Waals surface area (Å²) in [5.41, 5.74) is -1.14. The number of aromatic hydroxyl groups is 1. The van der Waals surface area contributed by atoms with Crippen molar-refractivity contribution < 1.29 is 29.3 Å². The lowest BCUT2D eigenvalue weighted by molar-refractivity contribution is -0.136. The summed E-state index contributed by atoms with van der Waals surface area (Å²) in [5, 5.41) is 28.1. The molecule has 0 saturated carbocycles. The lowest BCUT2D eigenvalue weighted by Crippen LogP contribution is -2.07. The zero-order valence-corrected chi connectivity index (χ0v) is 21.9. The monoisotopic (exact) mass is 608 g/mol. The molecule has 2 aliphatic rings. The van der Waals surface area contributed by atoms with Gasteiger partial charge in [0.15, 0.2) is 5.58 Å². The average molecular weight is 611 g/mol. The Morgan fingerprint density at radius 2 is 1.47 bits per heavy atom. The number of carboxylic acids is 2. The number of phenolic OH excluding ortho intramolecular Hbond substituents is 1. The van der Waals surface area contributed by atoms with Crippen molar-refractivity contribution in [3.8, 4) is 28.2 Å². The Kier molecular flexibility index (Phi) is 7.27. The molecule has 0 atom stereocenters. The van der Waals surface area contributed by atoms with Gasteiger partial charge in [-0.3, -0.25) is 9.59 Å². The van der Waals surface area contributed by atoms with Gasteiger partial charge in [-0.1, -0.05) is 69.6 Å². The summed E-state index contributed by atoms with van der Waals surface area (Å²) in [6.07, 6.45) is -0.475. The number of aliphatic carboxylic acids is 1. The average Bonchev–Trinajstić information content (AvgIpc) is 2.81. The molecule has 1 aliphatic heterocycles. The Labute approximate surface area is 231 Å². The first kappa shape index (κ1) is 26.7. The number of aromatic carboxylic acids is 1. The molecule has 0 unspecified atom stereocenters. The molecular formula is C23H10Cl6O7. The van der Waals surface area contributed by atoms with Gasteiger partial charge in [0.25, 0.3) is 0 Å². The third-order valence-electron chi connectivity index (χ3n) is 5.40. The number of aryl methyl sites for hydroxylation is 1. The van der Waals surface area contributed by atoms with Crippen molar-refractivity contribution in [2.24, 2.45) is 0 Å². The standard InChI is InChI=1S/C23H10Cl6O7/c24-9-4-7-11(5-10(9)30)36-22-8(3-6(1-2-12(31)32)21(33)20(22)29)13(7)14-15(23(34)35)17(26)19(28)18(27)16(14)25/h3-5,33H,1-2H2,(H,31,32)(H,34,35). The molecule has 0 amide bonds. The molecule has 4 rings (SSSR count). The third-order valence-corrected chi connectivity index (χ3v) is 7.85.